The van der Waals surface area contributed by atoms with E-state index in [-0.39, 0.29) is 25.7 Å². The third kappa shape index (κ3) is 78.5. The molecule has 0 rings (SSSR count). The molecule has 19 heteroatoms. The van der Waals surface area contributed by atoms with Gasteiger partial charge < -0.3 is 33.8 Å². The largest absolute Gasteiger partial charge is 0.472 e. The van der Waals surface area contributed by atoms with E-state index in [4.69, 9.17) is 37.0 Å². The Morgan fingerprint density at radius 2 is 0.500 bits per heavy atom. The average Bonchev–Trinajstić information content (AvgIpc) is 0.923. The minimum Gasteiger partial charge on any atom is -0.462 e. The number of esters is 4. The lowest BCUT2D eigenvalue weighted by molar-refractivity contribution is -0.161. The van der Waals surface area contributed by atoms with Crippen LogP contribution in [-0.2, 0) is 65.4 Å². The average molecular weight is 1550 g/mol. The summed E-state index contributed by atoms with van der Waals surface area (Å²) in [5.74, 6) is -2.35. The zero-order valence-electron chi connectivity index (χ0n) is 67.2. The van der Waals surface area contributed by atoms with E-state index in [1.54, 1.807) is 0 Å². The van der Waals surface area contributed by atoms with Crippen LogP contribution in [0.5, 0.6) is 0 Å². The van der Waals surface area contributed by atoms with Gasteiger partial charge in [-0.25, -0.2) is 9.13 Å². The van der Waals surface area contributed by atoms with Gasteiger partial charge in [-0.1, -0.05) is 288 Å². The number of aliphatic hydroxyl groups is 1. The number of carbonyl (C=O) groups excluding carboxylic acids is 4. The molecular weight excluding hydrogens is 1400 g/mol. The van der Waals surface area contributed by atoms with Crippen molar-refractivity contribution in [1.29, 1.82) is 0 Å². The van der Waals surface area contributed by atoms with Gasteiger partial charge in [0.2, 0.25) is 0 Å². The van der Waals surface area contributed by atoms with Crippen molar-refractivity contribution in [1.82, 2.24) is 0 Å². The predicted octanol–water partition coefficient (Wildman–Crippen LogP) is 24.6. The number of aliphatic hydroxyl groups excluding tert-OH is 1. The first-order valence-electron chi connectivity index (χ1n) is 41.4. The van der Waals surface area contributed by atoms with Crippen LogP contribution in [0.3, 0.4) is 0 Å². The molecule has 0 fully saturated rings. The molecule has 0 bridgehead atoms. The molecule has 0 radical (unpaired) electrons. The molecule has 0 aromatic carbocycles. The lowest BCUT2D eigenvalue weighted by atomic mass is 10.1. The second kappa shape index (κ2) is 79.5. The summed E-state index contributed by atoms with van der Waals surface area (Å²) in [4.78, 5) is 73.1. The van der Waals surface area contributed by atoms with Gasteiger partial charge in [-0.2, -0.15) is 0 Å². The van der Waals surface area contributed by atoms with E-state index in [2.05, 4.69) is 180 Å². The summed E-state index contributed by atoms with van der Waals surface area (Å²) in [6, 6.07) is 0. The second-order valence-electron chi connectivity index (χ2n) is 26.9. The van der Waals surface area contributed by atoms with Crippen LogP contribution in [0.4, 0.5) is 0 Å². The lowest BCUT2D eigenvalue weighted by Gasteiger charge is -2.21. The van der Waals surface area contributed by atoms with E-state index in [1.807, 2.05) is 18.2 Å². The molecule has 0 aromatic heterocycles. The van der Waals surface area contributed by atoms with Gasteiger partial charge in [0.25, 0.3) is 0 Å². The Balaban J connectivity index is 5.48. The maximum absolute atomic E-state index is 13.1. The van der Waals surface area contributed by atoms with Crippen LogP contribution < -0.4 is 0 Å². The highest BCUT2D eigenvalue weighted by molar-refractivity contribution is 7.47. The smallest absolute Gasteiger partial charge is 0.462 e. The number of hydrogen-bond donors (Lipinski definition) is 3. The number of ether oxygens (including phenoxy) is 4. The zero-order chi connectivity index (χ0) is 78.9. The van der Waals surface area contributed by atoms with E-state index in [0.717, 1.165) is 161 Å². The van der Waals surface area contributed by atoms with Crippen LogP contribution in [0, 0.1) is 0 Å². The lowest BCUT2D eigenvalue weighted by Crippen LogP contribution is -2.30. The fourth-order valence-corrected chi connectivity index (χ4v) is 12.0. The Morgan fingerprint density at radius 1 is 0.269 bits per heavy atom. The third-order valence-electron chi connectivity index (χ3n) is 16.7. The molecule has 108 heavy (non-hydrogen) atoms. The van der Waals surface area contributed by atoms with Crippen molar-refractivity contribution in [3.05, 3.63) is 170 Å². The molecule has 614 valence electrons. The maximum atomic E-state index is 13.1. The normalized spacial score (nSPS) is 14.7. The van der Waals surface area contributed by atoms with Gasteiger partial charge in [-0.15, -0.1) is 0 Å². The molecule has 0 aliphatic heterocycles. The van der Waals surface area contributed by atoms with Gasteiger partial charge in [0, 0.05) is 25.7 Å². The van der Waals surface area contributed by atoms with Gasteiger partial charge >= 0.3 is 39.5 Å². The molecule has 5 unspecified atom stereocenters. The van der Waals surface area contributed by atoms with E-state index in [0.29, 0.717) is 38.5 Å². The molecule has 0 saturated heterocycles. The van der Waals surface area contributed by atoms with Crippen molar-refractivity contribution in [2.75, 3.05) is 39.6 Å². The molecule has 0 amide bonds. The highest BCUT2D eigenvalue weighted by Crippen LogP contribution is 2.45. The Bertz CT molecular complexity index is 2710. The van der Waals surface area contributed by atoms with Crippen LogP contribution in [0.1, 0.15) is 310 Å². The number of phosphoric ester groups is 2. The number of allylic oxidation sites excluding steroid dienone is 28. The van der Waals surface area contributed by atoms with Crippen molar-refractivity contribution in [3.8, 4) is 0 Å². The predicted molar refractivity (Wildman–Crippen MR) is 445 cm³/mol. The Kier molecular flexibility index (Phi) is 75.4. The monoisotopic (exact) mass is 1550 g/mol. The highest BCUT2D eigenvalue weighted by Gasteiger charge is 2.30. The molecule has 0 aromatic rings. The molecule has 0 aliphatic carbocycles. The van der Waals surface area contributed by atoms with E-state index in [1.165, 1.54) is 57.8 Å². The van der Waals surface area contributed by atoms with E-state index >= 15 is 0 Å². The number of unbranched alkanes of at least 4 members (excludes halogenated alkanes) is 22. The Morgan fingerprint density at radius 3 is 0.843 bits per heavy atom. The first-order valence-corrected chi connectivity index (χ1v) is 44.4. The van der Waals surface area contributed by atoms with Crippen molar-refractivity contribution in [3.63, 3.8) is 0 Å². The van der Waals surface area contributed by atoms with Crippen LogP contribution >= 0.6 is 15.6 Å². The van der Waals surface area contributed by atoms with Gasteiger partial charge in [0.1, 0.15) is 19.3 Å². The van der Waals surface area contributed by atoms with Gasteiger partial charge in [0.15, 0.2) is 12.2 Å². The van der Waals surface area contributed by atoms with Crippen molar-refractivity contribution in [2.24, 2.45) is 0 Å². The van der Waals surface area contributed by atoms with Crippen LogP contribution in [-0.4, -0.2) is 96.7 Å². The van der Waals surface area contributed by atoms with Gasteiger partial charge in [0.05, 0.1) is 26.4 Å². The SMILES string of the molecule is CC/C=C\C/C=C\C/C=C\C/C=C\C/C=C\C/C=C\CCC(=O)OCC(COP(=O)(O)OCC(O)COP(=O)(O)OCC(COC(=O)CCCCCCCC/C=C\C/C=C\C/C=C\CCCCC)OC(=O)CCCCCCC/C=C\CCCCCCCC)OC(=O)CCCC/C=C\C/C=C\C/C=C\C/C=C\CC. The van der Waals surface area contributed by atoms with Gasteiger partial charge in [-0.05, 0) is 167 Å². The minimum atomic E-state index is -5.02. The molecule has 0 spiro atoms. The Hall–Kier alpha value is -5.58. The second-order valence-corrected chi connectivity index (χ2v) is 29.8. The fraction of sp³-hybridized carbons (Fsp3) is 0.640. The summed E-state index contributed by atoms with van der Waals surface area (Å²) in [6.07, 6.45) is 94.9. The summed E-state index contributed by atoms with van der Waals surface area (Å²) in [7, 11) is -10.0. The number of hydrogen-bond acceptors (Lipinski definition) is 15. The van der Waals surface area contributed by atoms with E-state index < -0.39 is 97.5 Å². The molecular formula is C89H146O17P2. The molecule has 0 heterocycles. The third-order valence-corrected chi connectivity index (χ3v) is 18.6. The summed E-state index contributed by atoms with van der Waals surface area (Å²) in [5, 5.41) is 10.7. The molecule has 0 aliphatic rings. The number of carbonyl (C=O) groups is 4. The summed E-state index contributed by atoms with van der Waals surface area (Å²) in [6.45, 7) is 4.46. The van der Waals surface area contributed by atoms with Crippen molar-refractivity contribution < 1.29 is 80.2 Å². The summed E-state index contributed by atoms with van der Waals surface area (Å²) in [5.41, 5.74) is 0. The number of rotatable bonds is 76. The Labute approximate surface area is 654 Å². The zero-order valence-corrected chi connectivity index (χ0v) is 69.0. The quantitative estimate of drug-likeness (QED) is 0.0169. The minimum absolute atomic E-state index is 0.0204. The fourth-order valence-electron chi connectivity index (χ4n) is 10.4. The summed E-state index contributed by atoms with van der Waals surface area (Å²) >= 11 is 0. The van der Waals surface area contributed by atoms with Crippen LogP contribution in [0.15, 0.2) is 170 Å². The van der Waals surface area contributed by atoms with Gasteiger partial charge in [-0.3, -0.25) is 37.3 Å². The number of phosphoric acid groups is 2. The standard InChI is InChI=1S/C89H146O17P2/c1-5-9-13-17-21-25-29-33-37-39-41-43-47-49-53-57-61-65-69-73-86(91)99-79-84(105-88(93)75-71-67-63-59-55-51-45-35-31-27-23-19-15-11-7-3)81-103-107(95,96)101-77-83(90)78-102-108(97,98)104-82-85(106-89(94)76-72-68-64-60-56-52-46-36-32-28-24-20-16-12-8-4)80-100-87(92)74-70-66-62-58-54-50-48-44-42-40-38-34-30-26-22-18-14-10-6-2/h9,11,13,15,21-23,25-27,33-38,41-46,49,53,55,59,61,65,83-85,90H,5-8,10,12,14,16-20,24,28-32,39-40,47-48,50-52,54,56-58,60,62-64,66-82H2,1-4H3,(H,95,96)(H,97,98)/b13-9-,15-11-,25-21-,26-22-,27-23-,37-33-,38-34-,43-41-,44-42-,45-35-,46-36-,53-49-,59-55-,65-61-. The maximum Gasteiger partial charge on any atom is 0.472 e. The molecule has 3 N–H and O–H groups in total. The van der Waals surface area contributed by atoms with E-state index in [9.17, 15) is 43.2 Å². The molecule has 0 saturated carbocycles. The first kappa shape index (κ1) is 102. The van der Waals surface area contributed by atoms with Crippen LogP contribution in [0.2, 0.25) is 0 Å². The molecule has 17 nitrogen and oxygen atoms in total. The van der Waals surface area contributed by atoms with Crippen molar-refractivity contribution in [2.45, 2.75) is 329 Å². The first-order chi connectivity index (χ1) is 52.7. The summed E-state index contributed by atoms with van der Waals surface area (Å²) < 4.78 is 68.6. The molecule has 5 atom stereocenters. The topological polar surface area (TPSA) is 237 Å². The van der Waals surface area contributed by atoms with Crippen LogP contribution in [0.25, 0.3) is 0 Å². The van der Waals surface area contributed by atoms with Crippen molar-refractivity contribution >= 4 is 39.5 Å². The highest BCUT2D eigenvalue weighted by atomic mass is 31.2.